The fourth-order valence-electron chi connectivity index (χ4n) is 2.25. The first kappa shape index (κ1) is 13.1. The first-order valence-corrected chi connectivity index (χ1v) is 7.23. The summed E-state index contributed by atoms with van der Waals surface area (Å²) in [6, 6.07) is 11.0. The maximum atomic E-state index is 13.5. The van der Waals surface area contributed by atoms with Crippen molar-refractivity contribution in [2.75, 3.05) is 0 Å². The van der Waals surface area contributed by atoms with E-state index in [0.29, 0.717) is 13.2 Å². The molecule has 0 saturated heterocycles. The first-order chi connectivity index (χ1) is 9.16. The van der Waals surface area contributed by atoms with E-state index >= 15 is 0 Å². The molecule has 1 aliphatic rings. The van der Waals surface area contributed by atoms with Crippen LogP contribution in [0.3, 0.4) is 0 Å². The van der Waals surface area contributed by atoms with E-state index in [1.165, 1.54) is 17.2 Å². The molecule has 0 N–H and O–H groups in total. The molecule has 3 rings (SSSR count). The quantitative estimate of drug-likeness (QED) is 0.699. The summed E-state index contributed by atoms with van der Waals surface area (Å²) in [7, 11) is 0. The summed E-state index contributed by atoms with van der Waals surface area (Å²) in [5, 5.41) is 0.168. The molecule has 0 saturated carbocycles. The molecule has 0 aliphatic carbocycles. The van der Waals surface area contributed by atoms with Gasteiger partial charge >= 0.3 is 0 Å². The highest BCUT2D eigenvalue weighted by Crippen LogP contribution is 2.37. The minimum absolute atomic E-state index is 0.124. The van der Waals surface area contributed by atoms with Crippen LogP contribution in [0.5, 0.6) is 0 Å². The summed E-state index contributed by atoms with van der Waals surface area (Å²) in [6.45, 7) is 1.31. The van der Waals surface area contributed by atoms with Crippen molar-refractivity contribution in [2.24, 2.45) is 0 Å². The van der Waals surface area contributed by atoms with Crippen LogP contribution in [0.15, 0.2) is 36.4 Å². The summed E-state index contributed by atoms with van der Waals surface area (Å²) in [6.07, 6.45) is 0. The van der Waals surface area contributed by atoms with Gasteiger partial charge in [0.05, 0.1) is 23.1 Å². The van der Waals surface area contributed by atoms with Crippen LogP contribution >= 0.6 is 27.5 Å². The predicted molar refractivity (Wildman–Crippen MR) is 77.1 cm³/mol. The predicted octanol–water partition coefficient (Wildman–Crippen LogP) is 4.99. The molecule has 1 heterocycles. The molecule has 1 atom stereocenters. The highest BCUT2D eigenvalue weighted by atomic mass is 79.9. The molecule has 2 aromatic rings. The van der Waals surface area contributed by atoms with Gasteiger partial charge in [-0.1, -0.05) is 57.9 Å². The average Bonchev–Trinajstić information content (AvgIpc) is 2.88. The van der Waals surface area contributed by atoms with Crippen molar-refractivity contribution < 1.29 is 9.13 Å². The Morgan fingerprint density at radius 1 is 1.16 bits per heavy atom. The molecule has 4 heteroatoms. The van der Waals surface area contributed by atoms with Crippen LogP contribution in [0.25, 0.3) is 0 Å². The lowest BCUT2D eigenvalue weighted by atomic mass is 10.0. The Kier molecular flexibility index (Phi) is 3.61. The van der Waals surface area contributed by atoms with Gasteiger partial charge in [0.25, 0.3) is 0 Å². The molecule has 0 aromatic heterocycles. The molecule has 1 nitrogen and oxygen atoms in total. The second-order valence-corrected chi connectivity index (χ2v) is 5.82. The van der Waals surface area contributed by atoms with Crippen LogP contribution in [0.1, 0.15) is 27.1 Å². The van der Waals surface area contributed by atoms with Crippen molar-refractivity contribution in [3.05, 3.63) is 69.5 Å². The summed E-state index contributed by atoms with van der Waals surface area (Å²) in [4.78, 5) is -0.124. The monoisotopic (exact) mass is 340 g/mol. The zero-order chi connectivity index (χ0) is 13.4. The van der Waals surface area contributed by atoms with E-state index in [2.05, 4.69) is 28.1 Å². The molecule has 0 spiro atoms. The van der Waals surface area contributed by atoms with Gasteiger partial charge in [-0.25, -0.2) is 4.39 Å². The topological polar surface area (TPSA) is 9.23 Å². The molecule has 0 bridgehead atoms. The van der Waals surface area contributed by atoms with E-state index in [1.807, 2.05) is 12.1 Å². The average molecular weight is 342 g/mol. The third-order valence-electron chi connectivity index (χ3n) is 3.29. The zero-order valence-corrected chi connectivity index (χ0v) is 12.3. The first-order valence-electron chi connectivity index (χ1n) is 5.94. The van der Waals surface area contributed by atoms with Gasteiger partial charge in [0, 0.05) is 0 Å². The van der Waals surface area contributed by atoms with Gasteiger partial charge in [-0.05, 0) is 28.3 Å². The fourth-order valence-corrected chi connectivity index (χ4v) is 3.28. The molecular formula is C15H11BrClFO. The highest BCUT2D eigenvalue weighted by Gasteiger charge is 2.19. The van der Waals surface area contributed by atoms with E-state index in [9.17, 15) is 4.39 Å². The van der Waals surface area contributed by atoms with Gasteiger partial charge in [0.15, 0.2) is 0 Å². The molecule has 2 aromatic carbocycles. The number of halogens is 3. The highest BCUT2D eigenvalue weighted by molar-refractivity contribution is 9.09. The Morgan fingerprint density at radius 3 is 2.79 bits per heavy atom. The summed E-state index contributed by atoms with van der Waals surface area (Å²) >= 11 is 9.62. The van der Waals surface area contributed by atoms with Crippen LogP contribution in [0, 0.1) is 5.82 Å². The van der Waals surface area contributed by atoms with Crippen LogP contribution < -0.4 is 0 Å². The van der Waals surface area contributed by atoms with Crippen molar-refractivity contribution in [2.45, 2.75) is 18.0 Å². The van der Waals surface area contributed by atoms with Crippen molar-refractivity contribution in [1.29, 1.82) is 0 Å². The van der Waals surface area contributed by atoms with E-state index in [1.54, 1.807) is 6.07 Å². The van der Waals surface area contributed by atoms with Crippen LogP contribution in [-0.2, 0) is 18.0 Å². The van der Waals surface area contributed by atoms with Crippen LogP contribution in [0.2, 0.25) is 5.02 Å². The normalized spacial score (nSPS) is 15.3. The number of ether oxygens (including phenoxy) is 1. The Labute approximate surface area is 124 Å². The third-order valence-corrected chi connectivity index (χ3v) is 4.71. The lowest BCUT2D eigenvalue weighted by molar-refractivity contribution is 0.134. The minimum Gasteiger partial charge on any atom is -0.372 e. The summed E-state index contributed by atoms with van der Waals surface area (Å²) < 4.78 is 18.9. The maximum absolute atomic E-state index is 13.5. The standard InChI is InChI=1S/C15H11BrClFO/c16-14(12-2-1-3-13(18)15(12)17)9-4-5-10-7-19-8-11(10)6-9/h1-6,14H,7-8H2. The molecule has 1 aliphatic heterocycles. The van der Waals surface area contributed by atoms with Crippen molar-refractivity contribution in [3.63, 3.8) is 0 Å². The molecule has 19 heavy (non-hydrogen) atoms. The summed E-state index contributed by atoms with van der Waals surface area (Å²) in [5.74, 6) is -0.395. The van der Waals surface area contributed by atoms with Crippen LogP contribution in [0.4, 0.5) is 4.39 Å². The number of benzene rings is 2. The van der Waals surface area contributed by atoms with Crippen molar-refractivity contribution >= 4 is 27.5 Å². The Bertz CT molecular complexity index is 630. The Balaban J connectivity index is 2.00. The Morgan fingerprint density at radius 2 is 1.95 bits per heavy atom. The van der Waals surface area contributed by atoms with Gasteiger partial charge in [-0.2, -0.15) is 0 Å². The van der Waals surface area contributed by atoms with Gasteiger partial charge in [0.1, 0.15) is 5.82 Å². The van der Waals surface area contributed by atoms with Gasteiger partial charge in [-0.3, -0.25) is 0 Å². The number of alkyl halides is 1. The van der Waals surface area contributed by atoms with Crippen molar-refractivity contribution in [1.82, 2.24) is 0 Å². The largest absolute Gasteiger partial charge is 0.372 e. The van der Waals surface area contributed by atoms with Crippen molar-refractivity contribution in [3.8, 4) is 0 Å². The number of rotatable bonds is 2. The zero-order valence-electron chi connectivity index (χ0n) is 10.00. The van der Waals surface area contributed by atoms with E-state index in [4.69, 9.17) is 16.3 Å². The number of fused-ring (bicyclic) bond motifs is 1. The third kappa shape index (κ3) is 2.42. The van der Waals surface area contributed by atoms with E-state index in [0.717, 1.165) is 11.1 Å². The number of hydrogen-bond donors (Lipinski definition) is 0. The lowest BCUT2D eigenvalue weighted by Crippen LogP contribution is -1.97. The fraction of sp³-hybridized carbons (Fsp3) is 0.200. The van der Waals surface area contributed by atoms with Gasteiger partial charge < -0.3 is 4.74 Å². The second kappa shape index (κ2) is 5.23. The Hall–Kier alpha value is -0.900. The minimum atomic E-state index is -0.395. The molecule has 0 amide bonds. The SMILES string of the molecule is Fc1cccc(C(Br)c2ccc3c(c2)COC3)c1Cl. The van der Waals surface area contributed by atoms with Crippen LogP contribution in [-0.4, -0.2) is 0 Å². The smallest absolute Gasteiger partial charge is 0.142 e. The summed E-state index contributed by atoms with van der Waals surface area (Å²) in [5.41, 5.74) is 4.19. The molecule has 0 fully saturated rings. The molecular weight excluding hydrogens is 331 g/mol. The molecule has 98 valence electrons. The van der Waals surface area contributed by atoms with E-state index in [-0.39, 0.29) is 9.85 Å². The molecule has 0 radical (unpaired) electrons. The number of hydrogen-bond acceptors (Lipinski definition) is 1. The van der Waals surface area contributed by atoms with E-state index < -0.39 is 5.82 Å². The maximum Gasteiger partial charge on any atom is 0.142 e. The van der Waals surface area contributed by atoms with Gasteiger partial charge in [-0.15, -0.1) is 0 Å². The van der Waals surface area contributed by atoms with Gasteiger partial charge in [0.2, 0.25) is 0 Å². The molecule has 1 unspecified atom stereocenters. The lowest BCUT2D eigenvalue weighted by Gasteiger charge is -2.14. The second-order valence-electron chi connectivity index (χ2n) is 4.53.